The molecule has 0 aliphatic heterocycles. The van der Waals surface area contributed by atoms with E-state index in [0.29, 0.717) is 18.2 Å². The van der Waals surface area contributed by atoms with E-state index < -0.39 is 0 Å². The van der Waals surface area contributed by atoms with Crippen LogP contribution in [-0.2, 0) is 13.0 Å². The Morgan fingerprint density at radius 2 is 1.85 bits per heavy atom. The Hall–Kier alpha value is -3.41. The summed E-state index contributed by atoms with van der Waals surface area (Å²) in [6, 6.07) is 17.1. The van der Waals surface area contributed by atoms with Crippen LogP contribution in [0.4, 0.5) is 11.6 Å². The Bertz CT molecular complexity index is 910. The number of amides is 1. The number of hydrogen-bond acceptors (Lipinski definition) is 5. The standard InChI is InChI=1S/C21H22N4O2/c1-3-16-6-4-5-7-18(16)24-20(26)19-12-13-22-21(25-19)23-14-15-8-10-17(27-2)11-9-15/h4-13H,3,14H2,1-2H3,(H,24,26)(H,22,23,25). The molecule has 0 bridgehead atoms. The van der Waals surface area contributed by atoms with Gasteiger partial charge in [0.25, 0.3) is 5.91 Å². The number of aryl methyl sites for hydroxylation is 1. The lowest BCUT2D eigenvalue weighted by Crippen LogP contribution is -2.16. The Balaban J connectivity index is 1.66. The molecule has 0 radical (unpaired) electrons. The Labute approximate surface area is 158 Å². The van der Waals surface area contributed by atoms with Gasteiger partial charge < -0.3 is 15.4 Å². The predicted molar refractivity (Wildman–Crippen MR) is 106 cm³/mol. The van der Waals surface area contributed by atoms with Crippen molar-refractivity contribution >= 4 is 17.5 Å². The molecule has 3 aromatic rings. The minimum Gasteiger partial charge on any atom is -0.497 e. The molecule has 0 saturated carbocycles. The zero-order valence-electron chi connectivity index (χ0n) is 15.4. The first-order chi connectivity index (χ1) is 13.2. The highest BCUT2D eigenvalue weighted by molar-refractivity contribution is 6.03. The number of aromatic nitrogens is 2. The average molecular weight is 362 g/mol. The van der Waals surface area contributed by atoms with Crippen molar-refractivity contribution in [2.24, 2.45) is 0 Å². The summed E-state index contributed by atoms with van der Waals surface area (Å²) in [6.45, 7) is 2.60. The van der Waals surface area contributed by atoms with E-state index >= 15 is 0 Å². The maximum Gasteiger partial charge on any atom is 0.274 e. The highest BCUT2D eigenvalue weighted by atomic mass is 16.5. The number of anilines is 2. The van der Waals surface area contributed by atoms with Gasteiger partial charge in [-0.2, -0.15) is 0 Å². The van der Waals surface area contributed by atoms with Crippen molar-refractivity contribution in [3.8, 4) is 5.75 Å². The van der Waals surface area contributed by atoms with Crippen LogP contribution in [0, 0.1) is 0 Å². The fourth-order valence-corrected chi connectivity index (χ4v) is 2.63. The largest absolute Gasteiger partial charge is 0.497 e. The number of benzene rings is 2. The highest BCUT2D eigenvalue weighted by Crippen LogP contribution is 2.17. The van der Waals surface area contributed by atoms with E-state index in [1.165, 1.54) is 0 Å². The van der Waals surface area contributed by atoms with Crippen LogP contribution in [0.2, 0.25) is 0 Å². The lowest BCUT2D eigenvalue weighted by Gasteiger charge is -2.10. The van der Waals surface area contributed by atoms with Gasteiger partial charge in [0.2, 0.25) is 5.95 Å². The van der Waals surface area contributed by atoms with Gasteiger partial charge in [-0.25, -0.2) is 9.97 Å². The van der Waals surface area contributed by atoms with Crippen molar-refractivity contribution in [1.29, 1.82) is 0 Å². The van der Waals surface area contributed by atoms with Crippen LogP contribution in [0.25, 0.3) is 0 Å². The van der Waals surface area contributed by atoms with E-state index in [4.69, 9.17) is 4.74 Å². The summed E-state index contributed by atoms with van der Waals surface area (Å²) in [7, 11) is 1.64. The molecule has 3 rings (SSSR count). The van der Waals surface area contributed by atoms with E-state index in [0.717, 1.165) is 29.0 Å². The minimum absolute atomic E-state index is 0.259. The maximum absolute atomic E-state index is 12.5. The van der Waals surface area contributed by atoms with E-state index in [9.17, 15) is 4.79 Å². The molecular weight excluding hydrogens is 340 g/mol. The second-order valence-electron chi connectivity index (χ2n) is 5.93. The van der Waals surface area contributed by atoms with Crippen LogP contribution in [0.3, 0.4) is 0 Å². The fraction of sp³-hybridized carbons (Fsp3) is 0.190. The van der Waals surface area contributed by atoms with Crippen molar-refractivity contribution in [3.63, 3.8) is 0 Å². The molecule has 0 spiro atoms. The number of rotatable bonds is 7. The van der Waals surface area contributed by atoms with Crippen LogP contribution in [0.15, 0.2) is 60.8 Å². The summed E-state index contributed by atoms with van der Waals surface area (Å²) in [6.07, 6.45) is 2.42. The molecule has 0 unspecified atom stereocenters. The molecule has 6 heteroatoms. The minimum atomic E-state index is -0.259. The lowest BCUT2D eigenvalue weighted by molar-refractivity contribution is 0.102. The Kier molecular flexibility index (Phi) is 5.99. The van der Waals surface area contributed by atoms with Gasteiger partial charge in [-0.3, -0.25) is 4.79 Å². The molecule has 0 aliphatic carbocycles. The zero-order valence-corrected chi connectivity index (χ0v) is 15.4. The van der Waals surface area contributed by atoms with Crippen LogP contribution in [-0.4, -0.2) is 23.0 Å². The average Bonchev–Trinajstić information content (AvgIpc) is 2.73. The van der Waals surface area contributed by atoms with Gasteiger partial charge in [-0.15, -0.1) is 0 Å². The van der Waals surface area contributed by atoms with Crippen LogP contribution in [0.5, 0.6) is 5.75 Å². The zero-order chi connectivity index (χ0) is 19.1. The summed E-state index contributed by atoms with van der Waals surface area (Å²) in [5.41, 5.74) is 3.26. The Morgan fingerprint density at radius 3 is 2.59 bits per heavy atom. The summed E-state index contributed by atoms with van der Waals surface area (Å²) in [5, 5.41) is 6.06. The molecule has 1 amide bonds. The predicted octanol–water partition coefficient (Wildman–Crippen LogP) is 3.91. The molecule has 0 atom stereocenters. The van der Waals surface area contributed by atoms with Gasteiger partial charge in [0, 0.05) is 18.4 Å². The lowest BCUT2D eigenvalue weighted by atomic mass is 10.1. The summed E-state index contributed by atoms with van der Waals surface area (Å²) >= 11 is 0. The van der Waals surface area contributed by atoms with E-state index in [2.05, 4.69) is 27.5 Å². The van der Waals surface area contributed by atoms with Gasteiger partial charge in [-0.1, -0.05) is 37.3 Å². The monoisotopic (exact) mass is 362 g/mol. The van der Waals surface area contributed by atoms with Gasteiger partial charge in [0.1, 0.15) is 11.4 Å². The van der Waals surface area contributed by atoms with Crippen molar-refractivity contribution < 1.29 is 9.53 Å². The van der Waals surface area contributed by atoms with E-state index in [1.54, 1.807) is 19.4 Å². The topological polar surface area (TPSA) is 76.1 Å². The van der Waals surface area contributed by atoms with E-state index in [1.807, 2.05) is 48.5 Å². The fourth-order valence-electron chi connectivity index (χ4n) is 2.63. The number of para-hydroxylation sites is 1. The van der Waals surface area contributed by atoms with Crippen LogP contribution < -0.4 is 15.4 Å². The molecular formula is C21H22N4O2. The molecule has 0 fully saturated rings. The highest BCUT2D eigenvalue weighted by Gasteiger charge is 2.11. The molecule has 6 nitrogen and oxygen atoms in total. The summed E-state index contributed by atoms with van der Waals surface area (Å²) < 4.78 is 5.15. The molecule has 2 aromatic carbocycles. The molecule has 1 aromatic heterocycles. The number of carbonyl (C=O) groups is 1. The smallest absolute Gasteiger partial charge is 0.274 e. The molecule has 1 heterocycles. The number of carbonyl (C=O) groups excluding carboxylic acids is 1. The first kappa shape index (κ1) is 18.4. The van der Waals surface area contributed by atoms with Crippen molar-refractivity contribution in [2.75, 3.05) is 17.7 Å². The third kappa shape index (κ3) is 4.82. The Morgan fingerprint density at radius 1 is 1.07 bits per heavy atom. The number of nitrogens with one attached hydrogen (secondary N) is 2. The van der Waals surface area contributed by atoms with E-state index in [-0.39, 0.29) is 5.91 Å². The SMILES string of the molecule is CCc1ccccc1NC(=O)c1ccnc(NCc2ccc(OC)cc2)n1. The third-order valence-electron chi connectivity index (χ3n) is 4.14. The first-order valence-corrected chi connectivity index (χ1v) is 8.78. The molecule has 0 aliphatic rings. The van der Waals surface area contributed by atoms with Crippen molar-refractivity contribution in [1.82, 2.24) is 9.97 Å². The van der Waals surface area contributed by atoms with Gasteiger partial charge in [-0.05, 0) is 41.8 Å². The summed E-state index contributed by atoms with van der Waals surface area (Å²) in [4.78, 5) is 21.0. The quantitative estimate of drug-likeness (QED) is 0.666. The second kappa shape index (κ2) is 8.80. The second-order valence-corrected chi connectivity index (χ2v) is 5.93. The molecule has 27 heavy (non-hydrogen) atoms. The number of ether oxygens (including phenoxy) is 1. The third-order valence-corrected chi connectivity index (χ3v) is 4.14. The number of hydrogen-bond donors (Lipinski definition) is 2. The number of methoxy groups -OCH3 is 1. The number of nitrogens with zero attached hydrogens (tertiary/aromatic N) is 2. The molecule has 2 N–H and O–H groups in total. The maximum atomic E-state index is 12.5. The first-order valence-electron chi connectivity index (χ1n) is 8.78. The van der Waals surface area contributed by atoms with Gasteiger partial charge in [0.15, 0.2) is 0 Å². The van der Waals surface area contributed by atoms with Crippen LogP contribution >= 0.6 is 0 Å². The van der Waals surface area contributed by atoms with Crippen LogP contribution in [0.1, 0.15) is 28.5 Å². The normalized spacial score (nSPS) is 10.3. The van der Waals surface area contributed by atoms with Gasteiger partial charge >= 0.3 is 0 Å². The van der Waals surface area contributed by atoms with Gasteiger partial charge in [0.05, 0.1) is 7.11 Å². The van der Waals surface area contributed by atoms with Crippen molar-refractivity contribution in [3.05, 3.63) is 77.6 Å². The molecule has 0 saturated heterocycles. The summed E-state index contributed by atoms with van der Waals surface area (Å²) in [5.74, 6) is 0.953. The molecule has 138 valence electrons. The van der Waals surface area contributed by atoms with Crippen molar-refractivity contribution in [2.45, 2.75) is 19.9 Å².